The van der Waals surface area contributed by atoms with Crippen molar-refractivity contribution in [3.63, 3.8) is 0 Å². The summed E-state index contributed by atoms with van der Waals surface area (Å²) in [6.45, 7) is 5.96. The molecule has 2 aromatic rings. The highest BCUT2D eigenvalue weighted by atomic mass is 19.4. The highest BCUT2D eigenvalue weighted by molar-refractivity contribution is 5.92. The van der Waals surface area contributed by atoms with Crippen LogP contribution in [-0.4, -0.2) is 27.1 Å². The topological polar surface area (TPSA) is 55.2 Å². The molecule has 2 rings (SSSR count). The Morgan fingerprint density at radius 1 is 1.22 bits per heavy atom. The molecule has 0 N–H and O–H groups in total. The molecule has 1 aromatic carbocycles. The van der Waals surface area contributed by atoms with Crippen LogP contribution >= 0.6 is 0 Å². The minimum Gasteiger partial charge on any atom is -0.331 e. The third-order valence-electron chi connectivity index (χ3n) is 4.29. The molecule has 1 heterocycles. The van der Waals surface area contributed by atoms with E-state index in [0.717, 1.165) is 12.1 Å². The van der Waals surface area contributed by atoms with Gasteiger partial charge in [0.1, 0.15) is 5.69 Å². The zero-order valence-electron chi connectivity index (χ0n) is 15.5. The van der Waals surface area contributed by atoms with Crippen molar-refractivity contribution in [3.8, 4) is 0 Å². The maximum Gasteiger partial charge on any atom is 0.416 e. The predicted octanol–water partition coefficient (Wildman–Crippen LogP) is 3.90. The summed E-state index contributed by atoms with van der Waals surface area (Å²) in [7, 11) is 0. The third-order valence-corrected chi connectivity index (χ3v) is 4.29. The lowest BCUT2D eigenvalue weighted by molar-refractivity contribution is -0.137. The monoisotopic (exact) mass is 381 g/mol. The standard InChI is InChI=1S/C19H22F3N3O2/c1-4-11-25-17(26)10-9-16(23-25)18(27)24(5-2)13(3)14-7-6-8-15(12-14)19(20,21)22/h6-10,12-13H,4-5,11H2,1-3H3. The molecule has 8 heteroatoms. The van der Waals surface area contributed by atoms with Crippen molar-refractivity contribution in [2.45, 2.75) is 46.0 Å². The van der Waals surface area contributed by atoms with E-state index in [4.69, 9.17) is 0 Å². The van der Waals surface area contributed by atoms with E-state index in [2.05, 4.69) is 5.10 Å². The van der Waals surface area contributed by atoms with Gasteiger partial charge in [-0.05, 0) is 44.0 Å². The van der Waals surface area contributed by atoms with E-state index in [1.807, 2.05) is 6.92 Å². The number of rotatable bonds is 6. The van der Waals surface area contributed by atoms with Gasteiger partial charge in [-0.1, -0.05) is 19.1 Å². The summed E-state index contributed by atoms with van der Waals surface area (Å²) >= 11 is 0. The van der Waals surface area contributed by atoms with Gasteiger partial charge in [-0.2, -0.15) is 18.3 Å². The van der Waals surface area contributed by atoms with Gasteiger partial charge < -0.3 is 4.90 Å². The summed E-state index contributed by atoms with van der Waals surface area (Å²) in [5.41, 5.74) is -0.599. The molecule has 0 aliphatic carbocycles. The average Bonchev–Trinajstić information content (AvgIpc) is 2.63. The Balaban J connectivity index is 2.34. The van der Waals surface area contributed by atoms with Gasteiger partial charge in [-0.15, -0.1) is 0 Å². The number of nitrogens with zero attached hydrogens (tertiary/aromatic N) is 3. The summed E-state index contributed by atoms with van der Waals surface area (Å²) < 4.78 is 40.1. The molecule has 27 heavy (non-hydrogen) atoms. The van der Waals surface area contributed by atoms with E-state index in [1.54, 1.807) is 19.9 Å². The van der Waals surface area contributed by atoms with Crippen molar-refractivity contribution in [2.75, 3.05) is 6.54 Å². The first kappa shape index (κ1) is 20.7. The van der Waals surface area contributed by atoms with Gasteiger partial charge in [0.15, 0.2) is 0 Å². The number of aromatic nitrogens is 2. The van der Waals surface area contributed by atoms with Gasteiger partial charge in [0.2, 0.25) is 0 Å². The number of carbonyl (C=O) groups is 1. The minimum atomic E-state index is -4.45. The largest absolute Gasteiger partial charge is 0.416 e. The normalized spacial score (nSPS) is 12.7. The Bertz CT molecular complexity index is 862. The second kappa shape index (κ2) is 8.37. The zero-order chi connectivity index (χ0) is 20.2. The van der Waals surface area contributed by atoms with Gasteiger partial charge >= 0.3 is 6.18 Å². The lowest BCUT2D eigenvalue weighted by Gasteiger charge is -2.28. The van der Waals surface area contributed by atoms with Gasteiger partial charge in [0, 0.05) is 19.2 Å². The number of aryl methyl sites for hydroxylation is 1. The number of amides is 1. The molecule has 0 aliphatic rings. The van der Waals surface area contributed by atoms with Gasteiger partial charge in [-0.25, -0.2) is 4.68 Å². The molecule has 146 valence electrons. The molecule has 0 radical (unpaired) electrons. The number of halogens is 3. The molecule has 0 aliphatic heterocycles. The van der Waals surface area contributed by atoms with E-state index in [9.17, 15) is 22.8 Å². The van der Waals surface area contributed by atoms with E-state index in [-0.39, 0.29) is 17.8 Å². The van der Waals surface area contributed by atoms with Gasteiger partial charge in [-0.3, -0.25) is 9.59 Å². The van der Waals surface area contributed by atoms with Crippen molar-refractivity contribution < 1.29 is 18.0 Å². The quantitative estimate of drug-likeness (QED) is 0.763. The Morgan fingerprint density at radius 2 is 1.93 bits per heavy atom. The highest BCUT2D eigenvalue weighted by Crippen LogP contribution is 2.32. The van der Waals surface area contributed by atoms with E-state index in [0.29, 0.717) is 18.5 Å². The van der Waals surface area contributed by atoms with Crippen LogP contribution in [0.15, 0.2) is 41.2 Å². The second-order valence-electron chi connectivity index (χ2n) is 6.17. The average molecular weight is 381 g/mol. The maximum absolute atomic E-state index is 13.0. The molecule has 1 atom stereocenters. The van der Waals surface area contributed by atoms with Crippen LogP contribution in [0.4, 0.5) is 13.2 Å². The first-order chi connectivity index (χ1) is 12.7. The number of alkyl halides is 3. The van der Waals surface area contributed by atoms with Crippen molar-refractivity contribution in [1.82, 2.24) is 14.7 Å². The van der Waals surface area contributed by atoms with Crippen LogP contribution in [-0.2, 0) is 12.7 Å². The number of benzene rings is 1. The van der Waals surface area contributed by atoms with Crippen molar-refractivity contribution >= 4 is 5.91 Å². The molecular formula is C19H22F3N3O2. The first-order valence-electron chi connectivity index (χ1n) is 8.75. The molecule has 0 bridgehead atoms. The summed E-state index contributed by atoms with van der Waals surface area (Å²) in [6, 6.07) is 6.96. The first-order valence-corrected chi connectivity index (χ1v) is 8.75. The number of hydrogen-bond donors (Lipinski definition) is 0. The van der Waals surface area contributed by atoms with Crippen LogP contribution in [0, 0.1) is 0 Å². The van der Waals surface area contributed by atoms with E-state index in [1.165, 1.54) is 27.8 Å². The van der Waals surface area contributed by atoms with Crippen LogP contribution in [0.1, 0.15) is 54.8 Å². The van der Waals surface area contributed by atoms with Gasteiger partial charge in [0.05, 0.1) is 11.6 Å². The number of carbonyl (C=O) groups excluding carboxylic acids is 1. The molecule has 1 amide bonds. The SMILES string of the molecule is CCCn1nc(C(=O)N(CC)C(C)c2cccc(C(F)(F)F)c2)ccc1=O. The van der Waals surface area contributed by atoms with Crippen LogP contribution in [0.3, 0.4) is 0 Å². The van der Waals surface area contributed by atoms with Crippen LogP contribution in [0.2, 0.25) is 0 Å². The van der Waals surface area contributed by atoms with Crippen LogP contribution in [0.25, 0.3) is 0 Å². The fraction of sp³-hybridized carbons (Fsp3) is 0.421. The number of hydrogen-bond acceptors (Lipinski definition) is 3. The molecule has 0 saturated heterocycles. The van der Waals surface area contributed by atoms with Crippen molar-refractivity contribution in [1.29, 1.82) is 0 Å². The van der Waals surface area contributed by atoms with Crippen LogP contribution < -0.4 is 5.56 Å². The molecule has 5 nitrogen and oxygen atoms in total. The smallest absolute Gasteiger partial charge is 0.331 e. The third kappa shape index (κ3) is 4.75. The minimum absolute atomic E-state index is 0.0868. The molecule has 0 saturated carbocycles. The highest BCUT2D eigenvalue weighted by Gasteiger charge is 2.31. The van der Waals surface area contributed by atoms with E-state index < -0.39 is 23.7 Å². The molecule has 0 spiro atoms. The predicted molar refractivity (Wildman–Crippen MR) is 95.4 cm³/mol. The Hall–Kier alpha value is -2.64. The summed E-state index contributed by atoms with van der Waals surface area (Å²) in [4.78, 5) is 26.1. The summed E-state index contributed by atoms with van der Waals surface area (Å²) in [5.74, 6) is -0.438. The summed E-state index contributed by atoms with van der Waals surface area (Å²) in [5, 5.41) is 4.10. The molecular weight excluding hydrogens is 359 g/mol. The lowest BCUT2D eigenvalue weighted by atomic mass is 10.0. The Kier molecular flexibility index (Phi) is 6.41. The van der Waals surface area contributed by atoms with Crippen molar-refractivity contribution in [2.24, 2.45) is 0 Å². The summed E-state index contributed by atoms with van der Waals surface area (Å²) in [6.07, 6.45) is -3.77. The lowest BCUT2D eigenvalue weighted by Crippen LogP contribution is -2.35. The fourth-order valence-corrected chi connectivity index (χ4v) is 2.83. The molecule has 0 fully saturated rings. The Morgan fingerprint density at radius 3 is 2.52 bits per heavy atom. The van der Waals surface area contributed by atoms with Crippen LogP contribution in [0.5, 0.6) is 0 Å². The van der Waals surface area contributed by atoms with E-state index >= 15 is 0 Å². The second-order valence-corrected chi connectivity index (χ2v) is 6.17. The van der Waals surface area contributed by atoms with Crippen molar-refractivity contribution in [3.05, 3.63) is 63.6 Å². The van der Waals surface area contributed by atoms with Gasteiger partial charge in [0.25, 0.3) is 11.5 Å². The molecule has 1 aromatic heterocycles. The Labute approximate surface area is 155 Å². The fourth-order valence-electron chi connectivity index (χ4n) is 2.83. The zero-order valence-corrected chi connectivity index (χ0v) is 15.5. The maximum atomic E-state index is 13.0. The molecule has 1 unspecified atom stereocenters.